The van der Waals surface area contributed by atoms with E-state index in [1.807, 2.05) is 0 Å². The van der Waals surface area contributed by atoms with Gasteiger partial charge in [-0.05, 0) is 18.2 Å². The molecule has 1 atom stereocenters. The van der Waals surface area contributed by atoms with E-state index < -0.39 is 6.10 Å². The maximum Gasteiger partial charge on any atom is 0.253 e. The molecule has 1 unspecified atom stereocenters. The normalized spacial score (nSPS) is 12.6. The van der Waals surface area contributed by atoms with Crippen molar-refractivity contribution < 1.29 is 14.6 Å². The van der Waals surface area contributed by atoms with E-state index >= 15 is 0 Å². The van der Waals surface area contributed by atoms with E-state index in [0.29, 0.717) is 16.6 Å². The fourth-order valence-corrected chi connectivity index (χ4v) is 1.84. The van der Waals surface area contributed by atoms with Gasteiger partial charge in [0.25, 0.3) is 5.91 Å². The molecule has 0 fully saturated rings. The summed E-state index contributed by atoms with van der Waals surface area (Å²) < 4.78 is 4.83. The number of aromatic amines is 1. The van der Waals surface area contributed by atoms with Gasteiger partial charge in [0.2, 0.25) is 0 Å². The fraction of sp³-hybridized carbons (Fsp3) is 0.417. The average molecular weight is 264 g/mol. The quantitative estimate of drug-likeness (QED) is 0.795. The van der Waals surface area contributed by atoms with Crippen LogP contribution in [0.4, 0.5) is 0 Å². The number of hydrogen-bond acceptors (Lipinski definition) is 5. The second-order valence-corrected chi connectivity index (χ2v) is 4.32. The summed E-state index contributed by atoms with van der Waals surface area (Å²) in [5, 5.41) is 20.0. The first-order valence-electron chi connectivity index (χ1n) is 5.85. The third-order valence-electron chi connectivity index (χ3n) is 2.75. The molecular weight excluding hydrogens is 248 g/mol. The molecule has 1 aromatic heterocycles. The summed E-state index contributed by atoms with van der Waals surface area (Å²) in [5.74, 6) is -0.181. The number of methoxy groups -OCH3 is 1. The molecule has 2 N–H and O–H groups in total. The van der Waals surface area contributed by atoms with E-state index in [1.165, 1.54) is 12.0 Å². The van der Waals surface area contributed by atoms with Crippen LogP contribution in [-0.4, -0.2) is 64.7 Å². The first-order chi connectivity index (χ1) is 9.11. The summed E-state index contributed by atoms with van der Waals surface area (Å²) in [5.41, 5.74) is 1.85. The number of H-pyrrole nitrogens is 1. The molecule has 19 heavy (non-hydrogen) atoms. The van der Waals surface area contributed by atoms with Gasteiger partial charge in [0.1, 0.15) is 11.0 Å². The lowest BCUT2D eigenvalue weighted by atomic mass is 10.1. The lowest BCUT2D eigenvalue weighted by Gasteiger charge is -2.20. The summed E-state index contributed by atoms with van der Waals surface area (Å²) in [7, 11) is 3.14. The van der Waals surface area contributed by atoms with Crippen LogP contribution in [0, 0.1) is 0 Å². The smallest absolute Gasteiger partial charge is 0.253 e. The number of rotatable bonds is 5. The number of aliphatic hydroxyl groups excluding tert-OH is 1. The van der Waals surface area contributed by atoms with Crippen LogP contribution in [0.2, 0.25) is 0 Å². The van der Waals surface area contributed by atoms with Gasteiger partial charge in [-0.2, -0.15) is 15.4 Å². The fourth-order valence-electron chi connectivity index (χ4n) is 1.84. The van der Waals surface area contributed by atoms with Crippen molar-refractivity contribution in [3.8, 4) is 0 Å². The zero-order valence-electron chi connectivity index (χ0n) is 10.8. The lowest BCUT2D eigenvalue weighted by Crippen LogP contribution is -2.36. The molecule has 0 aliphatic carbocycles. The van der Waals surface area contributed by atoms with Gasteiger partial charge in [-0.25, -0.2) is 0 Å². The van der Waals surface area contributed by atoms with Crippen LogP contribution in [0.15, 0.2) is 18.2 Å². The summed E-state index contributed by atoms with van der Waals surface area (Å²) in [4.78, 5) is 13.6. The van der Waals surface area contributed by atoms with Gasteiger partial charge in [0.15, 0.2) is 0 Å². The Balaban J connectivity index is 2.09. The summed E-state index contributed by atoms with van der Waals surface area (Å²) in [6.45, 7) is 0.406. The minimum atomic E-state index is -0.699. The van der Waals surface area contributed by atoms with Crippen molar-refractivity contribution in [2.45, 2.75) is 6.10 Å². The standard InChI is InChI=1S/C12H16N4O3/c1-16(6-9(17)7-19-2)12(18)8-3-4-10-11(5-8)14-15-13-10/h3-5,9,17H,6-7H2,1-2H3,(H,13,14,15). The molecule has 1 amide bonds. The monoisotopic (exact) mass is 264 g/mol. The molecule has 0 bridgehead atoms. The highest BCUT2D eigenvalue weighted by atomic mass is 16.5. The molecule has 7 heteroatoms. The van der Waals surface area contributed by atoms with Gasteiger partial charge >= 0.3 is 0 Å². The molecule has 1 aromatic carbocycles. The highest BCUT2D eigenvalue weighted by molar-refractivity contribution is 5.97. The van der Waals surface area contributed by atoms with E-state index in [1.54, 1.807) is 25.2 Å². The van der Waals surface area contributed by atoms with Crippen molar-refractivity contribution in [1.29, 1.82) is 0 Å². The zero-order chi connectivity index (χ0) is 13.8. The Morgan fingerprint density at radius 3 is 2.95 bits per heavy atom. The molecular formula is C12H16N4O3. The number of nitrogens with one attached hydrogen (secondary N) is 1. The van der Waals surface area contributed by atoms with Crippen molar-refractivity contribution >= 4 is 16.9 Å². The largest absolute Gasteiger partial charge is 0.389 e. The average Bonchev–Trinajstić information content (AvgIpc) is 2.85. The number of aliphatic hydroxyl groups is 1. The van der Waals surface area contributed by atoms with E-state index in [2.05, 4.69) is 15.4 Å². The van der Waals surface area contributed by atoms with Gasteiger partial charge in [-0.1, -0.05) is 0 Å². The van der Waals surface area contributed by atoms with Gasteiger partial charge in [0.05, 0.1) is 12.7 Å². The number of nitrogens with zero attached hydrogens (tertiary/aromatic N) is 3. The number of hydrogen-bond donors (Lipinski definition) is 2. The lowest BCUT2D eigenvalue weighted by molar-refractivity contribution is 0.0380. The molecule has 2 rings (SSSR count). The van der Waals surface area contributed by atoms with Crippen LogP contribution in [0.25, 0.3) is 11.0 Å². The molecule has 0 spiro atoms. The van der Waals surface area contributed by atoms with Crippen LogP contribution in [-0.2, 0) is 4.74 Å². The summed E-state index contributed by atoms with van der Waals surface area (Å²) in [6, 6.07) is 5.08. The first kappa shape index (κ1) is 13.4. The van der Waals surface area contributed by atoms with Gasteiger partial charge in [-0.15, -0.1) is 0 Å². The predicted molar refractivity (Wildman–Crippen MR) is 68.7 cm³/mol. The van der Waals surface area contributed by atoms with E-state index in [9.17, 15) is 9.90 Å². The van der Waals surface area contributed by atoms with Crippen LogP contribution in [0.5, 0.6) is 0 Å². The number of fused-ring (bicyclic) bond motifs is 1. The second kappa shape index (κ2) is 5.77. The SMILES string of the molecule is COCC(O)CN(C)C(=O)c1ccc2n[nH]nc2c1. The number of carbonyl (C=O) groups excluding carboxylic acids is 1. The van der Waals surface area contributed by atoms with Crippen LogP contribution >= 0.6 is 0 Å². The maximum absolute atomic E-state index is 12.2. The molecule has 0 radical (unpaired) electrons. The molecule has 7 nitrogen and oxygen atoms in total. The van der Waals surface area contributed by atoms with Crippen LogP contribution in [0.3, 0.4) is 0 Å². The Hall–Kier alpha value is -1.99. The van der Waals surface area contributed by atoms with Gasteiger partial charge in [0, 0.05) is 26.3 Å². The van der Waals surface area contributed by atoms with Crippen molar-refractivity contribution in [2.24, 2.45) is 0 Å². The minimum absolute atomic E-state index is 0.181. The summed E-state index contributed by atoms with van der Waals surface area (Å²) >= 11 is 0. The predicted octanol–water partition coefficient (Wildman–Crippen LogP) is 0.0372. The number of benzene rings is 1. The highest BCUT2D eigenvalue weighted by Gasteiger charge is 2.16. The molecule has 0 saturated heterocycles. The second-order valence-electron chi connectivity index (χ2n) is 4.32. The van der Waals surface area contributed by atoms with Crippen molar-refractivity contribution in [1.82, 2.24) is 20.3 Å². The Labute approximate surface area is 110 Å². The van der Waals surface area contributed by atoms with Crippen LogP contribution in [0.1, 0.15) is 10.4 Å². The topological polar surface area (TPSA) is 91.3 Å². The first-order valence-corrected chi connectivity index (χ1v) is 5.85. The number of likely N-dealkylation sites (N-methyl/N-ethyl adjacent to an activating group) is 1. The van der Waals surface area contributed by atoms with Crippen molar-refractivity contribution in [3.05, 3.63) is 23.8 Å². The van der Waals surface area contributed by atoms with E-state index in [4.69, 9.17) is 4.74 Å². The maximum atomic E-state index is 12.2. The third kappa shape index (κ3) is 3.07. The van der Waals surface area contributed by atoms with Crippen LogP contribution < -0.4 is 0 Å². The zero-order valence-corrected chi connectivity index (χ0v) is 10.8. The molecule has 1 heterocycles. The summed E-state index contributed by atoms with van der Waals surface area (Å²) in [6.07, 6.45) is -0.699. The van der Waals surface area contributed by atoms with Gasteiger partial charge in [-0.3, -0.25) is 4.79 Å². The number of amides is 1. The minimum Gasteiger partial charge on any atom is -0.389 e. The number of carbonyl (C=O) groups is 1. The molecule has 2 aromatic rings. The van der Waals surface area contributed by atoms with Crippen molar-refractivity contribution in [2.75, 3.05) is 27.3 Å². The number of aromatic nitrogens is 3. The molecule has 0 saturated carbocycles. The highest BCUT2D eigenvalue weighted by Crippen LogP contribution is 2.12. The molecule has 0 aliphatic heterocycles. The van der Waals surface area contributed by atoms with E-state index in [0.717, 1.165) is 0 Å². The Morgan fingerprint density at radius 2 is 2.21 bits per heavy atom. The van der Waals surface area contributed by atoms with Gasteiger partial charge < -0.3 is 14.7 Å². The third-order valence-corrected chi connectivity index (χ3v) is 2.75. The molecule has 0 aliphatic rings. The molecule has 102 valence electrons. The Bertz CT molecular complexity index is 569. The Kier molecular flexibility index (Phi) is 4.08. The Morgan fingerprint density at radius 1 is 1.47 bits per heavy atom. The number of ether oxygens (including phenoxy) is 1. The van der Waals surface area contributed by atoms with Crippen molar-refractivity contribution in [3.63, 3.8) is 0 Å². The van der Waals surface area contributed by atoms with E-state index in [-0.39, 0.29) is 19.1 Å².